The second-order valence-electron chi connectivity index (χ2n) is 11.1. The van der Waals surface area contributed by atoms with Crippen LogP contribution in [-0.4, -0.2) is 57.7 Å². The zero-order chi connectivity index (χ0) is 33.6. The Morgan fingerprint density at radius 3 is 1.91 bits per heavy atom. The first-order valence-corrected chi connectivity index (χ1v) is 14.0. The van der Waals surface area contributed by atoms with Crippen molar-refractivity contribution in [3.05, 3.63) is 84.6 Å². The number of hydrogen-bond acceptors (Lipinski definition) is 6. The first-order chi connectivity index (χ1) is 21.1. The molecule has 0 saturated heterocycles. The molecule has 45 heavy (non-hydrogen) atoms. The number of amides is 2. The van der Waals surface area contributed by atoms with Gasteiger partial charge < -0.3 is 26.2 Å². The highest BCUT2D eigenvalue weighted by molar-refractivity contribution is 5.89. The largest absolute Gasteiger partial charge is 0.490 e. The summed E-state index contributed by atoms with van der Waals surface area (Å²) < 4.78 is 31.7. The summed E-state index contributed by atoms with van der Waals surface area (Å²) in [5.74, 6) is -3.71. The maximum Gasteiger partial charge on any atom is 0.490 e. The molecule has 0 saturated carbocycles. The molecule has 0 fully saturated rings. The van der Waals surface area contributed by atoms with Gasteiger partial charge in [0.2, 0.25) is 11.8 Å². The van der Waals surface area contributed by atoms with E-state index in [0.29, 0.717) is 18.5 Å². The molecule has 0 radical (unpaired) electrons. The Labute approximate surface area is 259 Å². The molecule has 0 aliphatic heterocycles. The zero-order valence-corrected chi connectivity index (χ0v) is 25.1. The van der Waals surface area contributed by atoms with Gasteiger partial charge in [-0.2, -0.15) is 13.2 Å². The Balaban J connectivity index is 0.000000900. The average Bonchev–Trinajstić information content (AvgIpc) is 2.98. The highest BCUT2D eigenvalue weighted by Gasteiger charge is 2.38. The molecule has 0 bridgehead atoms. The number of nitrogens with zero attached hydrogens (tertiary/aromatic N) is 1. The number of aromatic nitrogens is 1. The van der Waals surface area contributed by atoms with E-state index >= 15 is 0 Å². The fraction of sp³-hybridized carbons (Fsp3) is 0.344. The molecule has 3 aromatic rings. The van der Waals surface area contributed by atoms with Crippen molar-refractivity contribution in [3.8, 4) is 11.1 Å². The summed E-state index contributed by atoms with van der Waals surface area (Å²) in [6.07, 6.45) is -2.87. The van der Waals surface area contributed by atoms with Crippen LogP contribution in [0.2, 0.25) is 0 Å². The lowest BCUT2D eigenvalue weighted by Crippen LogP contribution is -2.54. The van der Waals surface area contributed by atoms with E-state index in [1.54, 1.807) is 6.20 Å². The van der Waals surface area contributed by atoms with Gasteiger partial charge in [0.1, 0.15) is 11.9 Å². The lowest BCUT2D eigenvalue weighted by atomic mass is 9.85. The van der Waals surface area contributed by atoms with Gasteiger partial charge >= 0.3 is 18.1 Å². The molecule has 242 valence electrons. The minimum Gasteiger partial charge on any atom is -0.481 e. The molecule has 1 heterocycles. The van der Waals surface area contributed by atoms with Crippen LogP contribution in [0.4, 0.5) is 19.0 Å². The summed E-state index contributed by atoms with van der Waals surface area (Å²) in [6.45, 7) is 6.15. The van der Waals surface area contributed by atoms with Crippen LogP contribution in [0.1, 0.15) is 51.6 Å². The number of rotatable bonds is 12. The van der Waals surface area contributed by atoms with Gasteiger partial charge in [0.15, 0.2) is 0 Å². The summed E-state index contributed by atoms with van der Waals surface area (Å²) >= 11 is 0. The number of carboxylic acids is 2. The van der Waals surface area contributed by atoms with E-state index in [1.165, 1.54) is 0 Å². The fourth-order valence-electron chi connectivity index (χ4n) is 4.06. The monoisotopic (exact) mass is 630 g/mol. The third-order valence-electron chi connectivity index (χ3n) is 6.34. The van der Waals surface area contributed by atoms with Crippen LogP contribution in [0.25, 0.3) is 11.1 Å². The molecule has 3 rings (SSSR count). The number of halogens is 3. The maximum atomic E-state index is 13.4. The average molecular weight is 631 g/mol. The van der Waals surface area contributed by atoms with Crippen molar-refractivity contribution in [2.75, 3.05) is 11.9 Å². The number of aliphatic carboxylic acids is 2. The molecule has 1 unspecified atom stereocenters. The van der Waals surface area contributed by atoms with E-state index in [2.05, 4.69) is 20.9 Å². The van der Waals surface area contributed by atoms with Crippen LogP contribution in [0, 0.1) is 5.41 Å². The lowest BCUT2D eigenvalue weighted by Gasteiger charge is -2.32. The Morgan fingerprint density at radius 1 is 0.822 bits per heavy atom. The van der Waals surface area contributed by atoms with Crippen LogP contribution >= 0.6 is 0 Å². The second-order valence-corrected chi connectivity index (χ2v) is 11.1. The van der Waals surface area contributed by atoms with E-state index in [9.17, 15) is 32.7 Å². The van der Waals surface area contributed by atoms with Gasteiger partial charge in [0.05, 0.1) is 12.5 Å². The molecule has 1 aromatic heterocycles. The number of pyridine rings is 1. The van der Waals surface area contributed by atoms with Crippen molar-refractivity contribution in [3.63, 3.8) is 0 Å². The van der Waals surface area contributed by atoms with Gasteiger partial charge in [-0.25, -0.2) is 9.78 Å². The molecule has 0 spiro atoms. The van der Waals surface area contributed by atoms with Gasteiger partial charge in [0, 0.05) is 19.2 Å². The van der Waals surface area contributed by atoms with Crippen molar-refractivity contribution in [2.45, 2.75) is 58.3 Å². The molecule has 0 aliphatic carbocycles. The van der Waals surface area contributed by atoms with Crippen LogP contribution in [0.5, 0.6) is 0 Å². The maximum absolute atomic E-state index is 13.4. The molecule has 2 atom stereocenters. The number of carbonyl (C=O) groups excluding carboxylic acids is 2. The topological polar surface area (TPSA) is 158 Å². The summed E-state index contributed by atoms with van der Waals surface area (Å²) in [5, 5.41) is 25.5. The third kappa shape index (κ3) is 13.1. The van der Waals surface area contributed by atoms with Crippen molar-refractivity contribution in [1.29, 1.82) is 0 Å². The Morgan fingerprint density at radius 2 is 1.40 bits per heavy atom. The Hall–Kier alpha value is -4.94. The molecule has 5 N–H and O–H groups in total. The number of carboxylic acid groups (broad SMARTS) is 2. The molecule has 2 aromatic carbocycles. The van der Waals surface area contributed by atoms with Crippen LogP contribution < -0.4 is 16.0 Å². The minimum atomic E-state index is -5.08. The molecule has 10 nitrogen and oxygen atoms in total. The van der Waals surface area contributed by atoms with E-state index in [4.69, 9.17) is 9.90 Å². The molecular weight excluding hydrogens is 593 g/mol. The number of anilines is 1. The van der Waals surface area contributed by atoms with E-state index in [-0.39, 0.29) is 18.7 Å². The molecule has 13 heteroatoms. The van der Waals surface area contributed by atoms with E-state index in [1.807, 2.05) is 93.6 Å². The number of alkyl halides is 3. The number of carbonyl (C=O) groups is 4. The Bertz CT molecular complexity index is 1400. The SMILES string of the molecule is CC(C)(C)[C@H](NC(=O)CCCNc1ccccn1)C(=O)NC(CC(=O)O)c1ccc(-c2ccccc2)cc1.O=C(O)C(F)(F)F. The summed E-state index contributed by atoms with van der Waals surface area (Å²) in [6, 6.07) is 21.3. The molecular formula is C32H37F3N4O6. The minimum absolute atomic E-state index is 0.235. The van der Waals surface area contributed by atoms with Crippen molar-refractivity contribution >= 4 is 29.6 Å². The van der Waals surface area contributed by atoms with Crippen LogP contribution in [0.3, 0.4) is 0 Å². The van der Waals surface area contributed by atoms with Gasteiger partial charge in [-0.15, -0.1) is 0 Å². The lowest BCUT2D eigenvalue weighted by molar-refractivity contribution is -0.192. The number of hydrogen-bond donors (Lipinski definition) is 5. The van der Waals surface area contributed by atoms with E-state index < -0.39 is 41.5 Å². The molecule has 0 aliphatic rings. The quantitative estimate of drug-likeness (QED) is 0.166. The first-order valence-electron chi connectivity index (χ1n) is 14.0. The smallest absolute Gasteiger partial charge is 0.481 e. The van der Waals surface area contributed by atoms with Gasteiger partial charge in [-0.1, -0.05) is 81.4 Å². The Kier molecular flexibility index (Phi) is 13.5. The summed E-state index contributed by atoms with van der Waals surface area (Å²) in [5.41, 5.74) is 2.13. The normalized spacial score (nSPS) is 12.5. The zero-order valence-electron chi connectivity index (χ0n) is 25.1. The highest BCUT2D eigenvalue weighted by atomic mass is 19.4. The fourth-order valence-corrected chi connectivity index (χ4v) is 4.06. The van der Waals surface area contributed by atoms with Crippen molar-refractivity contribution in [2.24, 2.45) is 5.41 Å². The first kappa shape index (κ1) is 36.3. The van der Waals surface area contributed by atoms with Gasteiger partial charge in [0.25, 0.3) is 0 Å². The highest BCUT2D eigenvalue weighted by Crippen LogP contribution is 2.25. The number of benzene rings is 2. The van der Waals surface area contributed by atoms with Crippen molar-refractivity contribution in [1.82, 2.24) is 15.6 Å². The van der Waals surface area contributed by atoms with Gasteiger partial charge in [-0.3, -0.25) is 14.4 Å². The van der Waals surface area contributed by atoms with Crippen LogP contribution in [-0.2, 0) is 19.2 Å². The predicted octanol–water partition coefficient (Wildman–Crippen LogP) is 5.44. The predicted molar refractivity (Wildman–Crippen MR) is 162 cm³/mol. The van der Waals surface area contributed by atoms with Crippen molar-refractivity contribution < 1.29 is 42.6 Å². The second kappa shape index (κ2) is 16.8. The molecule has 2 amide bonds. The standard InChI is InChI=1S/C30H36N4O4.C2HF3O2/c1-30(2,3)28(34-26(35)13-9-19-32-25-12-7-8-18-31-25)29(38)33-24(20-27(36)37)23-16-14-22(15-17-23)21-10-5-4-6-11-21;3-2(4,5)1(6)7/h4-8,10-12,14-18,24,28H,9,13,19-20H2,1-3H3,(H,31,32)(H,33,38)(H,34,35)(H,36,37);(H,6,7)/t24?,28-;/m1./s1. The summed E-state index contributed by atoms with van der Waals surface area (Å²) in [4.78, 5) is 50.7. The third-order valence-corrected chi connectivity index (χ3v) is 6.34. The number of nitrogens with one attached hydrogen (secondary N) is 3. The summed E-state index contributed by atoms with van der Waals surface area (Å²) in [7, 11) is 0. The van der Waals surface area contributed by atoms with Crippen LogP contribution in [0.15, 0.2) is 79.0 Å². The van der Waals surface area contributed by atoms with E-state index in [0.717, 1.165) is 16.9 Å². The van der Waals surface area contributed by atoms with Gasteiger partial charge in [-0.05, 0) is 40.7 Å².